The van der Waals surface area contributed by atoms with Gasteiger partial charge in [-0.15, -0.1) is 0 Å². The quantitative estimate of drug-likeness (QED) is 0.655. The van der Waals surface area contributed by atoms with Gasteiger partial charge in [0.05, 0.1) is 0 Å². The molecule has 0 spiro atoms. The average molecular weight is 328 g/mol. The maximum Gasteiger partial charge on any atom is 0.255 e. The molecule has 0 radical (unpaired) electrons. The fourth-order valence-electron chi connectivity index (χ4n) is 3.41. The minimum Gasteiger partial charge on any atom is -0.326 e. The highest BCUT2D eigenvalue weighted by Crippen LogP contribution is 2.28. The molecule has 1 saturated heterocycles. The molecule has 24 heavy (non-hydrogen) atoms. The second-order valence-electron chi connectivity index (χ2n) is 6.78. The molecular weight excluding hydrogens is 308 g/mol. The molecular formula is C17H20N4O3. The highest BCUT2D eigenvalue weighted by atomic mass is 16.2. The number of hydrogen-bond donors (Lipinski definition) is 3. The molecule has 7 heteroatoms. The number of hydrogen-bond acceptors (Lipinski definition) is 5. The first-order valence-electron chi connectivity index (χ1n) is 8.28. The van der Waals surface area contributed by atoms with E-state index in [1.165, 1.54) is 0 Å². The summed E-state index contributed by atoms with van der Waals surface area (Å²) in [6.07, 6.45) is 1.65. The van der Waals surface area contributed by atoms with Crippen LogP contribution in [0.2, 0.25) is 0 Å². The van der Waals surface area contributed by atoms with Crippen molar-refractivity contribution in [2.75, 3.05) is 0 Å². The maximum atomic E-state index is 12.7. The Kier molecular flexibility index (Phi) is 3.62. The molecule has 2 heterocycles. The standard InChI is InChI=1S/C17H20N4O3/c18-12-6-13(12)19-7-9-1-2-10-8-21(17(24)11(10)5-9)14-3-4-15(22)20-16(14)23/h1-2,5,12-14,19H,3-4,6-8,18H2,(H,20,22,23)/t12-,13-,14?/m0/s1. The largest absolute Gasteiger partial charge is 0.326 e. The second kappa shape index (κ2) is 5.68. The van der Waals surface area contributed by atoms with Gasteiger partial charge in [-0.05, 0) is 30.0 Å². The van der Waals surface area contributed by atoms with Crippen LogP contribution >= 0.6 is 0 Å². The van der Waals surface area contributed by atoms with Crippen LogP contribution in [-0.4, -0.2) is 40.7 Å². The fourth-order valence-corrected chi connectivity index (χ4v) is 3.41. The van der Waals surface area contributed by atoms with Crippen LogP contribution in [0.5, 0.6) is 0 Å². The van der Waals surface area contributed by atoms with Gasteiger partial charge in [-0.1, -0.05) is 12.1 Å². The van der Waals surface area contributed by atoms with Crippen molar-refractivity contribution in [2.45, 2.75) is 50.5 Å². The first-order valence-corrected chi connectivity index (χ1v) is 8.28. The van der Waals surface area contributed by atoms with Gasteiger partial charge in [0.25, 0.3) is 5.91 Å². The zero-order valence-electron chi connectivity index (χ0n) is 13.2. The van der Waals surface area contributed by atoms with Crippen LogP contribution in [0.3, 0.4) is 0 Å². The van der Waals surface area contributed by atoms with Crippen molar-refractivity contribution in [3.63, 3.8) is 0 Å². The maximum absolute atomic E-state index is 12.7. The van der Waals surface area contributed by atoms with E-state index in [2.05, 4.69) is 10.6 Å². The monoisotopic (exact) mass is 328 g/mol. The van der Waals surface area contributed by atoms with Crippen molar-refractivity contribution in [1.29, 1.82) is 0 Å². The highest BCUT2D eigenvalue weighted by molar-refractivity contribution is 6.05. The van der Waals surface area contributed by atoms with Crippen LogP contribution in [0.25, 0.3) is 0 Å². The lowest BCUT2D eigenvalue weighted by Gasteiger charge is -2.29. The third-order valence-electron chi connectivity index (χ3n) is 5.00. The summed E-state index contributed by atoms with van der Waals surface area (Å²) in [7, 11) is 0. The molecule has 0 bridgehead atoms. The van der Waals surface area contributed by atoms with Gasteiger partial charge in [-0.25, -0.2) is 0 Å². The molecule has 1 aliphatic carbocycles. The molecule has 0 aromatic heterocycles. The minimum absolute atomic E-state index is 0.135. The molecule has 2 fully saturated rings. The predicted molar refractivity (Wildman–Crippen MR) is 85.7 cm³/mol. The van der Waals surface area contributed by atoms with Crippen molar-refractivity contribution >= 4 is 17.7 Å². The summed E-state index contributed by atoms with van der Waals surface area (Å²) in [6, 6.07) is 5.89. The number of fused-ring (bicyclic) bond motifs is 1. The molecule has 3 amide bonds. The van der Waals surface area contributed by atoms with Gasteiger partial charge < -0.3 is 16.0 Å². The van der Waals surface area contributed by atoms with Crippen molar-refractivity contribution in [2.24, 2.45) is 5.73 Å². The lowest BCUT2D eigenvalue weighted by molar-refractivity contribution is -0.136. The molecule has 1 saturated carbocycles. The fraction of sp³-hybridized carbons (Fsp3) is 0.471. The number of nitrogens with one attached hydrogen (secondary N) is 2. The van der Waals surface area contributed by atoms with Crippen LogP contribution in [0.15, 0.2) is 18.2 Å². The molecule has 126 valence electrons. The van der Waals surface area contributed by atoms with E-state index in [4.69, 9.17) is 5.73 Å². The minimum atomic E-state index is -0.561. The molecule has 1 aromatic rings. The zero-order chi connectivity index (χ0) is 16.8. The highest BCUT2D eigenvalue weighted by Gasteiger charge is 2.39. The summed E-state index contributed by atoms with van der Waals surface area (Å²) >= 11 is 0. The Morgan fingerprint density at radius 1 is 1.29 bits per heavy atom. The van der Waals surface area contributed by atoms with E-state index in [-0.39, 0.29) is 30.2 Å². The van der Waals surface area contributed by atoms with E-state index < -0.39 is 6.04 Å². The number of nitrogens with two attached hydrogens (primary N) is 1. The zero-order valence-corrected chi connectivity index (χ0v) is 13.2. The van der Waals surface area contributed by atoms with Gasteiger partial charge in [0, 0.05) is 37.2 Å². The van der Waals surface area contributed by atoms with E-state index in [9.17, 15) is 14.4 Å². The molecule has 1 aromatic carbocycles. The first-order chi connectivity index (χ1) is 11.5. The van der Waals surface area contributed by atoms with E-state index in [1.807, 2.05) is 18.2 Å². The molecule has 2 aliphatic heterocycles. The summed E-state index contributed by atoms with van der Waals surface area (Å²) in [6.45, 7) is 1.10. The second-order valence-corrected chi connectivity index (χ2v) is 6.78. The van der Waals surface area contributed by atoms with E-state index >= 15 is 0 Å². The van der Waals surface area contributed by atoms with E-state index in [0.717, 1.165) is 17.5 Å². The van der Waals surface area contributed by atoms with Crippen LogP contribution < -0.4 is 16.4 Å². The van der Waals surface area contributed by atoms with Crippen LogP contribution in [0, 0.1) is 0 Å². The Morgan fingerprint density at radius 2 is 2.08 bits per heavy atom. The van der Waals surface area contributed by atoms with Crippen molar-refractivity contribution in [1.82, 2.24) is 15.5 Å². The Balaban J connectivity index is 1.48. The normalized spacial score (nSPS) is 28.8. The predicted octanol–water partition coefficient (Wildman–Crippen LogP) is -0.363. The third kappa shape index (κ3) is 2.70. The lowest BCUT2D eigenvalue weighted by atomic mass is 10.0. The summed E-state index contributed by atoms with van der Waals surface area (Å²) in [4.78, 5) is 37.6. The Morgan fingerprint density at radius 3 is 2.79 bits per heavy atom. The summed E-state index contributed by atoms with van der Waals surface area (Å²) in [5, 5.41) is 5.68. The van der Waals surface area contributed by atoms with Crippen molar-refractivity contribution < 1.29 is 14.4 Å². The summed E-state index contributed by atoms with van der Waals surface area (Å²) in [5.74, 6) is -0.784. The summed E-state index contributed by atoms with van der Waals surface area (Å²) < 4.78 is 0. The molecule has 7 nitrogen and oxygen atoms in total. The van der Waals surface area contributed by atoms with Crippen LogP contribution in [0.4, 0.5) is 0 Å². The number of nitrogens with zero attached hydrogens (tertiary/aromatic N) is 1. The molecule has 1 unspecified atom stereocenters. The number of rotatable bonds is 4. The van der Waals surface area contributed by atoms with Gasteiger partial charge in [0.1, 0.15) is 6.04 Å². The van der Waals surface area contributed by atoms with Crippen LogP contribution in [0.1, 0.15) is 40.7 Å². The van der Waals surface area contributed by atoms with E-state index in [1.54, 1.807) is 4.90 Å². The topological polar surface area (TPSA) is 105 Å². The lowest BCUT2D eigenvalue weighted by Crippen LogP contribution is -2.52. The smallest absolute Gasteiger partial charge is 0.255 e. The third-order valence-corrected chi connectivity index (χ3v) is 5.00. The first kappa shape index (κ1) is 15.3. The number of benzene rings is 1. The molecule has 4 N–H and O–H groups in total. The number of amides is 3. The molecule has 4 rings (SSSR count). The van der Waals surface area contributed by atoms with E-state index in [0.29, 0.717) is 31.1 Å². The number of carbonyl (C=O) groups is 3. The van der Waals surface area contributed by atoms with Crippen LogP contribution in [-0.2, 0) is 22.7 Å². The molecule has 3 aliphatic rings. The average Bonchev–Trinajstić information content (AvgIpc) is 3.17. The van der Waals surface area contributed by atoms with Gasteiger partial charge in [0.2, 0.25) is 11.8 Å². The summed E-state index contributed by atoms with van der Waals surface area (Å²) in [5.41, 5.74) is 8.39. The Labute approximate surface area is 139 Å². The number of carbonyl (C=O) groups excluding carboxylic acids is 3. The molecule has 3 atom stereocenters. The number of imide groups is 1. The Hall–Kier alpha value is -2.25. The number of piperidine rings is 1. The van der Waals surface area contributed by atoms with Crippen molar-refractivity contribution in [3.8, 4) is 0 Å². The van der Waals surface area contributed by atoms with Gasteiger partial charge in [-0.3, -0.25) is 19.7 Å². The van der Waals surface area contributed by atoms with Gasteiger partial charge >= 0.3 is 0 Å². The Bertz CT molecular complexity index is 733. The SMILES string of the molecule is N[C@H]1C[C@@H]1NCc1ccc2c(c1)C(=O)N(C1CCC(=O)NC1=O)C2. The van der Waals surface area contributed by atoms with Gasteiger partial charge in [-0.2, -0.15) is 0 Å². The van der Waals surface area contributed by atoms with Gasteiger partial charge in [0.15, 0.2) is 0 Å². The van der Waals surface area contributed by atoms with Crippen molar-refractivity contribution in [3.05, 3.63) is 34.9 Å².